The van der Waals surface area contributed by atoms with Gasteiger partial charge in [0.05, 0.1) is 0 Å². The molecule has 0 aromatic rings. The van der Waals surface area contributed by atoms with Crippen molar-refractivity contribution in [2.45, 2.75) is 32.7 Å². The van der Waals surface area contributed by atoms with Crippen LogP contribution in [-0.2, 0) is 9.59 Å². The highest BCUT2D eigenvalue weighted by Gasteiger charge is 2.21. The third-order valence-electron chi connectivity index (χ3n) is 2.34. The first-order chi connectivity index (χ1) is 7.88. The summed E-state index contributed by atoms with van der Waals surface area (Å²) in [5.41, 5.74) is 4.92. The highest BCUT2D eigenvalue weighted by Crippen LogP contribution is 2.03. The van der Waals surface area contributed by atoms with E-state index in [2.05, 4.69) is 5.32 Å². The predicted molar refractivity (Wildman–Crippen MR) is 61.3 cm³/mol. The van der Waals surface area contributed by atoms with Crippen LogP contribution in [0.1, 0.15) is 26.7 Å². The molecule has 0 aromatic heterocycles. The van der Waals surface area contributed by atoms with Crippen molar-refractivity contribution in [3.05, 3.63) is 0 Å². The number of carbonyl (C=O) groups is 3. The molecule has 17 heavy (non-hydrogen) atoms. The maximum absolute atomic E-state index is 11.7. The van der Waals surface area contributed by atoms with Gasteiger partial charge in [0.2, 0.25) is 5.91 Å². The monoisotopic (exact) mass is 245 g/mol. The number of carboxylic acid groups (broad SMARTS) is 1. The molecule has 0 rings (SSSR count). The molecule has 7 nitrogen and oxygen atoms in total. The van der Waals surface area contributed by atoms with Gasteiger partial charge in [0.25, 0.3) is 0 Å². The van der Waals surface area contributed by atoms with E-state index in [9.17, 15) is 14.4 Å². The number of nitrogens with two attached hydrogens (primary N) is 1. The zero-order chi connectivity index (χ0) is 13.4. The Hall–Kier alpha value is -1.79. The summed E-state index contributed by atoms with van der Waals surface area (Å²) in [4.78, 5) is 34.0. The van der Waals surface area contributed by atoms with E-state index in [1.807, 2.05) is 6.92 Å². The number of amides is 3. The van der Waals surface area contributed by atoms with E-state index in [0.29, 0.717) is 6.42 Å². The average Bonchev–Trinajstić information content (AvgIpc) is 2.23. The fraction of sp³-hybridized carbons (Fsp3) is 0.700. The number of nitrogens with one attached hydrogen (secondary N) is 1. The molecular formula is C10H19N3O4. The molecule has 98 valence electrons. The molecule has 1 unspecified atom stereocenters. The molecule has 4 N–H and O–H groups in total. The maximum atomic E-state index is 11.7. The topological polar surface area (TPSA) is 113 Å². The Morgan fingerprint density at radius 2 is 2.00 bits per heavy atom. The van der Waals surface area contributed by atoms with E-state index in [1.165, 1.54) is 4.90 Å². The van der Waals surface area contributed by atoms with E-state index in [1.54, 1.807) is 6.92 Å². The molecule has 0 radical (unpaired) electrons. The summed E-state index contributed by atoms with van der Waals surface area (Å²) in [5.74, 6) is -1.59. The Labute approximate surface area is 100.0 Å². The number of carboxylic acids is 1. The quantitative estimate of drug-likeness (QED) is 0.574. The maximum Gasteiger partial charge on any atom is 0.323 e. The summed E-state index contributed by atoms with van der Waals surface area (Å²) in [5, 5.41) is 11.2. The molecule has 7 heteroatoms. The Morgan fingerprint density at radius 1 is 1.41 bits per heavy atom. The summed E-state index contributed by atoms with van der Waals surface area (Å²) in [6.45, 7) is 3.37. The molecule has 0 fully saturated rings. The number of hydrogen-bond acceptors (Lipinski definition) is 3. The van der Waals surface area contributed by atoms with Crippen molar-refractivity contribution in [1.29, 1.82) is 0 Å². The third kappa shape index (κ3) is 6.39. The van der Waals surface area contributed by atoms with Crippen molar-refractivity contribution >= 4 is 17.9 Å². The minimum absolute atomic E-state index is 0.0349. The fourth-order valence-corrected chi connectivity index (χ4v) is 1.19. The van der Waals surface area contributed by atoms with Gasteiger partial charge >= 0.3 is 12.0 Å². The van der Waals surface area contributed by atoms with Crippen molar-refractivity contribution < 1.29 is 19.5 Å². The van der Waals surface area contributed by atoms with E-state index in [-0.39, 0.29) is 25.6 Å². The normalized spacial score (nSPS) is 11.6. The largest absolute Gasteiger partial charge is 0.480 e. The van der Waals surface area contributed by atoms with E-state index < -0.39 is 17.9 Å². The SMILES string of the molecule is CCC(C)N(CC(=O)O)C(=O)NCCC(N)=O. The van der Waals surface area contributed by atoms with Crippen LogP contribution in [0.4, 0.5) is 4.79 Å². The van der Waals surface area contributed by atoms with Gasteiger partial charge in [-0.05, 0) is 13.3 Å². The summed E-state index contributed by atoms with van der Waals surface area (Å²) in [7, 11) is 0. The molecule has 0 saturated heterocycles. The van der Waals surface area contributed by atoms with Crippen LogP contribution in [0.3, 0.4) is 0 Å². The van der Waals surface area contributed by atoms with Gasteiger partial charge in [0, 0.05) is 19.0 Å². The Morgan fingerprint density at radius 3 is 2.41 bits per heavy atom. The predicted octanol–water partition coefficient (Wildman–Crippen LogP) is -0.243. The van der Waals surface area contributed by atoms with Gasteiger partial charge in [0.15, 0.2) is 0 Å². The summed E-state index contributed by atoms with van der Waals surface area (Å²) in [6, 6.07) is -0.678. The number of carbonyl (C=O) groups excluding carboxylic acids is 2. The third-order valence-corrected chi connectivity index (χ3v) is 2.34. The van der Waals surface area contributed by atoms with Crippen LogP contribution in [0.5, 0.6) is 0 Å². The number of primary amides is 1. The molecule has 0 heterocycles. The fourth-order valence-electron chi connectivity index (χ4n) is 1.19. The van der Waals surface area contributed by atoms with Crippen molar-refractivity contribution in [2.75, 3.05) is 13.1 Å². The zero-order valence-corrected chi connectivity index (χ0v) is 10.1. The van der Waals surface area contributed by atoms with Gasteiger partial charge in [-0.25, -0.2) is 4.79 Å². The van der Waals surface area contributed by atoms with E-state index >= 15 is 0 Å². The lowest BCUT2D eigenvalue weighted by molar-refractivity contribution is -0.138. The molecule has 0 saturated carbocycles. The van der Waals surface area contributed by atoms with E-state index in [4.69, 9.17) is 10.8 Å². The molecular weight excluding hydrogens is 226 g/mol. The van der Waals surface area contributed by atoms with Crippen molar-refractivity contribution in [3.8, 4) is 0 Å². The summed E-state index contributed by atoms with van der Waals surface area (Å²) in [6.07, 6.45) is 0.684. The smallest absolute Gasteiger partial charge is 0.323 e. The molecule has 0 aliphatic carbocycles. The first-order valence-electron chi connectivity index (χ1n) is 5.43. The highest BCUT2D eigenvalue weighted by atomic mass is 16.4. The Kier molecular flexibility index (Phi) is 6.69. The second-order valence-electron chi connectivity index (χ2n) is 3.73. The Balaban J connectivity index is 4.32. The van der Waals surface area contributed by atoms with Gasteiger partial charge in [-0.1, -0.05) is 6.92 Å². The molecule has 0 aromatic carbocycles. The van der Waals surface area contributed by atoms with Crippen LogP contribution in [-0.4, -0.2) is 47.0 Å². The molecule has 0 bridgehead atoms. The number of urea groups is 1. The van der Waals surface area contributed by atoms with Gasteiger partial charge in [-0.2, -0.15) is 0 Å². The first-order valence-corrected chi connectivity index (χ1v) is 5.43. The second kappa shape index (κ2) is 7.48. The highest BCUT2D eigenvalue weighted by molar-refractivity contribution is 5.81. The number of hydrogen-bond donors (Lipinski definition) is 3. The second-order valence-corrected chi connectivity index (χ2v) is 3.73. The molecule has 0 aliphatic heterocycles. The van der Waals surface area contributed by atoms with Crippen LogP contribution in [0.15, 0.2) is 0 Å². The number of nitrogens with zero attached hydrogens (tertiary/aromatic N) is 1. The van der Waals surface area contributed by atoms with Crippen molar-refractivity contribution in [2.24, 2.45) is 5.73 Å². The summed E-state index contributed by atoms with van der Waals surface area (Å²) < 4.78 is 0. The molecule has 0 aliphatic rings. The molecule has 0 spiro atoms. The van der Waals surface area contributed by atoms with Crippen molar-refractivity contribution in [3.63, 3.8) is 0 Å². The zero-order valence-electron chi connectivity index (χ0n) is 10.1. The Bertz CT molecular complexity index is 293. The van der Waals surface area contributed by atoms with Crippen LogP contribution < -0.4 is 11.1 Å². The lowest BCUT2D eigenvalue weighted by Crippen LogP contribution is -2.47. The van der Waals surface area contributed by atoms with Crippen LogP contribution in [0.25, 0.3) is 0 Å². The summed E-state index contributed by atoms with van der Waals surface area (Å²) >= 11 is 0. The minimum atomic E-state index is -1.07. The minimum Gasteiger partial charge on any atom is -0.480 e. The van der Waals surface area contributed by atoms with Crippen molar-refractivity contribution in [1.82, 2.24) is 10.2 Å². The first kappa shape index (κ1) is 15.2. The molecule has 1 atom stereocenters. The van der Waals surface area contributed by atoms with Crippen LogP contribution in [0, 0.1) is 0 Å². The van der Waals surface area contributed by atoms with E-state index in [0.717, 1.165) is 0 Å². The number of rotatable bonds is 7. The average molecular weight is 245 g/mol. The molecule has 3 amide bonds. The number of aliphatic carboxylic acids is 1. The standard InChI is InChI=1S/C10H19N3O4/c1-3-7(2)13(6-9(15)16)10(17)12-5-4-8(11)14/h7H,3-6H2,1-2H3,(H2,11,14)(H,12,17)(H,15,16). The van der Waals surface area contributed by atoms with Gasteiger partial charge in [-0.3, -0.25) is 9.59 Å². The lowest BCUT2D eigenvalue weighted by Gasteiger charge is -2.26. The van der Waals surface area contributed by atoms with Crippen LogP contribution >= 0.6 is 0 Å². The van der Waals surface area contributed by atoms with Gasteiger partial charge < -0.3 is 21.1 Å². The lowest BCUT2D eigenvalue weighted by atomic mass is 10.2. The van der Waals surface area contributed by atoms with Crippen LogP contribution in [0.2, 0.25) is 0 Å². The van der Waals surface area contributed by atoms with Gasteiger partial charge in [-0.15, -0.1) is 0 Å². The van der Waals surface area contributed by atoms with Gasteiger partial charge in [0.1, 0.15) is 6.54 Å².